The van der Waals surface area contributed by atoms with Gasteiger partial charge in [-0.25, -0.2) is 0 Å². The lowest BCUT2D eigenvalue weighted by Gasteiger charge is -2.05. The van der Waals surface area contributed by atoms with Crippen molar-refractivity contribution in [2.75, 3.05) is 0 Å². The average molecular weight is 254 g/mol. The van der Waals surface area contributed by atoms with Gasteiger partial charge in [0.05, 0.1) is 0 Å². The molecule has 2 nitrogen and oxygen atoms in total. The lowest BCUT2D eigenvalue weighted by molar-refractivity contribution is 0.562. The summed E-state index contributed by atoms with van der Waals surface area (Å²) in [6.07, 6.45) is 9.98. The minimum absolute atomic E-state index is 0.701. The Hall–Kier alpha value is -0.740. The first-order chi connectivity index (χ1) is 7.74. The molecular formula is C12H18N2S2. The molecule has 0 fully saturated rings. The molecule has 0 unspecified atom stereocenters. The third-order valence-electron chi connectivity index (χ3n) is 2.45. The van der Waals surface area contributed by atoms with Gasteiger partial charge in [0.1, 0.15) is 4.64 Å². The summed E-state index contributed by atoms with van der Waals surface area (Å²) >= 11 is 10.2. The predicted molar refractivity (Wildman–Crippen MR) is 73.7 cm³/mol. The van der Waals surface area contributed by atoms with Gasteiger partial charge in [-0.1, -0.05) is 31.1 Å². The molecule has 0 aliphatic carbocycles. The van der Waals surface area contributed by atoms with Crippen LogP contribution >= 0.6 is 24.4 Å². The van der Waals surface area contributed by atoms with E-state index >= 15 is 0 Å². The molecular weight excluding hydrogens is 236 g/mol. The van der Waals surface area contributed by atoms with E-state index in [1.165, 1.54) is 19.3 Å². The molecule has 1 aromatic rings. The van der Waals surface area contributed by atoms with Gasteiger partial charge in [0.2, 0.25) is 0 Å². The van der Waals surface area contributed by atoms with E-state index in [4.69, 9.17) is 24.4 Å². The van der Waals surface area contributed by atoms with Crippen LogP contribution in [0.5, 0.6) is 0 Å². The predicted octanol–water partition coefficient (Wildman–Crippen LogP) is 4.41. The van der Waals surface area contributed by atoms with Crippen LogP contribution in [0.4, 0.5) is 0 Å². The maximum atomic E-state index is 5.19. The third-order valence-corrected chi connectivity index (χ3v) is 3.03. The minimum Gasteiger partial charge on any atom is -0.325 e. The van der Waals surface area contributed by atoms with Crippen molar-refractivity contribution < 1.29 is 0 Å². The highest BCUT2D eigenvalue weighted by Crippen LogP contribution is 2.05. The summed E-state index contributed by atoms with van der Waals surface area (Å²) < 4.78 is 3.46. The van der Waals surface area contributed by atoms with Crippen LogP contribution in [-0.4, -0.2) is 9.55 Å². The summed E-state index contributed by atoms with van der Waals surface area (Å²) in [4.78, 5) is 2.98. The summed E-state index contributed by atoms with van der Waals surface area (Å²) in [5.74, 6) is 0. The van der Waals surface area contributed by atoms with Crippen molar-refractivity contribution in [1.82, 2.24) is 9.55 Å². The van der Waals surface area contributed by atoms with E-state index < -0.39 is 0 Å². The van der Waals surface area contributed by atoms with Crippen molar-refractivity contribution >= 4 is 24.4 Å². The molecule has 1 aromatic heterocycles. The molecule has 1 N–H and O–H groups in total. The van der Waals surface area contributed by atoms with Crippen LogP contribution in [0.3, 0.4) is 0 Å². The van der Waals surface area contributed by atoms with E-state index in [1.807, 2.05) is 22.9 Å². The Kier molecular flexibility index (Phi) is 6.26. The van der Waals surface area contributed by atoms with Crippen molar-refractivity contribution in [2.45, 2.75) is 38.6 Å². The lowest BCUT2D eigenvalue weighted by atomic mass is 10.1. The van der Waals surface area contributed by atoms with Crippen molar-refractivity contribution in [3.05, 3.63) is 34.3 Å². The smallest absolute Gasteiger partial charge is 0.178 e. The van der Waals surface area contributed by atoms with Gasteiger partial charge in [0, 0.05) is 12.7 Å². The van der Waals surface area contributed by atoms with E-state index in [0.29, 0.717) is 4.64 Å². The van der Waals surface area contributed by atoms with Crippen LogP contribution in [-0.2, 0) is 6.54 Å². The second kappa shape index (κ2) is 7.52. The molecule has 88 valence electrons. The van der Waals surface area contributed by atoms with Crippen LogP contribution in [0.15, 0.2) is 24.9 Å². The first kappa shape index (κ1) is 13.3. The van der Waals surface area contributed by atoms with Crippen LogP contribution in [0.1, 0.15) is 32.1 Å². The highest BCUT2D eigenvalue weighted by Gasteiger charge is 1.93. The zero-order valence-corrected chi connectivity index (χ0v) is 11.1. The molecule has 4 heteroatoms. The van der Waals surface area contributed by atoms with E-state index in [2.05, 4.69) is 11.6 Å². The lowest BCUT2D eigenvalue weighted by Crippen LogP contribution is -2.01. The van der Waals surface area contributed by atoms with Gasteiger partial charge in [-0.05, 0) is 37.5 Å². The highest BCUT2D eigenvalue weighted by molar-refractivity contribution is 7.72. The fourth-order valence-electron chi connectivity index (χ4n) is 1.54. The largest absolute Gasteiger partial charge is 0.325 e. The number of hydrogen-bond acceptors (Lipinski definition) is 2. The van der Waals surface area contributed by atoms with Gasteiger partial charge in [0.15, 0.2) is 4.77 Å². The molecule has 0 amide bonds. The topological polar surface area (TPSA) is 20.7 Å². The Labute approximate surface area is 107 Å². The summed E-state index contributed by atoms with van der Waals surface area (Å²) in [5.41, 5.74) is 0. The molecule has 0 bridgehead atoms. The van der Waals surface area contributed by atoms with Gasteiger partial charge in [-0.3, -0.25) is 0 Å². The van der Waals surface area contributed by atoms with Crippen molar-refractivity contribution in [3.8, 4) is 0 Å². The number of nitrogens with zero attached hydrogens (tertiary/aromatic N) is 1. The fourth-order valence-corrected chi connectivity index (χ4v) is 2.03. The van der Waals surface area contributed by atoms with E-state index in [-0.39, 0.29) is 0 Å². The van der Waals surface area contributed by atoms with Gasteiger partial charge in [0.25, 0.3) is 0 Å². The first-order valence-corrected chi connectivity index (χ1v) is 6.46. The molecule has 0 radical (unpaired) electrons. The zero-order chi connectivity index (χ0) is 11.8. The average Bonchev–Trinajstić information content (AvgIpc) is 2.26. The molecule has 0 spiro atoms. The maximum absolute atomic E-state index is 5.19. The van der Waals surface area contributed by atoms with Crippen LogP contribution < -0.4 is 0 Å². The Morgan fingerprint density at radius 3 is 2.69 bits per heavy atom. The van der Waals surface area contributed by atoms with Crippen molar-refractivity contribution in [1.29, 1.82) is 0 Å². The number of nitrogens with one attached hydrogen (secondary N) is 1. The Bertz CT molecular complexity index is 431. The van der Waals surface area contributed by atoms with Gasteiger partial charge >= 0.3 is 0 Å². The molecule has 0 aliphatic rings. The second-order valence-electron chi connectivity index (χ2n) is 3.80. The number of hydrogen-bond donors (Lipinski definition) is 1. The molecule has 0 saturated heterocycles. The molecule has 0 saturated carbocycles. The number of rotatable bonds is 7. The van der Waals surface area contributed by atoms with Gasteiger partial charge in [-0.15, -0.1) is 6.58 Å². The molecule has 16 heavy (non-hydrogen) atoms. The zero-order valence-electron chi connectivity index (χ0n) is 9.45. The summed E-state index contributed by atoms with van der Waals surface area (Å²) in [6.45, 7) is 4.69. The van der Waals surface area contributed by atoms with E-state index in [1.54, 1.807) is 0 Å². The first-order valence-electron chi connectivity index (χ1n) is 5.64. The normalized spacial score (nSPS) is 10.2. The highest BCUT2D eigenvalue weighted by atomic mass is 32.1. The quantitative estimate of drug-likeness (QED) is 0.442. The van der Waals surface area contributed by atoms with Crippen LogP contribution in [0, 0.1) is 9.41 Å². The fraction of sp³-hybridized carbons (Fsp3) is 0.500. The molecule has 0 atom stereocenters. The minimum atomic E-state index is 0.701. The summed E-state index contributed by atoms with van der Waals surface area (Å²) in [5, 5.41) is 0. The Morgan fingerprint density at radius 2 is 2.00 bits per heavy atom. The maximum Gasteiger partial charge on any atom is 0.178 e. The van der Waals surface area contributed by atoms with Crippen molar-refractivity contribution in [3.63, 3.8) is 0 Å². The number of H-pyrrole nitrogens is 1. The standard InChI is InChI=1S/C12H18N2S2/c1-2-3-4-5-6-7-9-14-10-8-11(15)13-12(14)16/h2,8,10H,1,3-7,9H2,(H,13,15,16). The molecule has 0 aliphatic heterocycles. The van der Waals surface area contributed by atoms with E-state index in [9.17, 15) is 0 Å². The number of unbranched alkanes of at least 4 members (excludes halogenated alkanes) is 4. The van der Waals surface area contributed by atoms with E-state index in [0.717, 1.165) is 24.2 Å². The number of aromatic amines is 1. The Balaban J connectivity index is 2.29. The van der Waals surface area contributed by atoms with Crippen molar-refractivity contribution in [2.24, 2.45) is 0 Å². The molecule has 0 aromatic carbocycles. The monoisotopic (exact) mass is 254 g/mol. The summed E-state index contributed by atoms with van der Waals surface area (Å²) in [6, 6.07) is 1.88. The molecule has 1 heterocycles. The molecule has 1 rings (SSSR count). The SMILES string of the molecule is C=CCCCCCCn1ccc(=S)[nH]c1=S. The number of allylic oxidation sites excluding steroid dienone is 1. The van der Waals surface area contributed by atoms with Crippen LogP contribution in [0.2, 0.25) is 0 Å². The second-order valence-corrected chi connectivity index (χ2v) is 4.62. The number of aromatic nitrogens is 2. The third kappa shape index (κ3) is 4.86. The van der Waals surface area contributed by atoms with Crippen LogP contribution in [0.25, 0.3) is 0 Å². The van der Waals surface area contributed by atoms with Gasteiger partial charge in [-0.2, -0.15) is 0 Å². The van der Waals surface area contributed by atoms with Gasteiger partial charge < -0.3 is 9.55 Å². The number of aryl methyl sites for hydroxylation is 1. The Morgan fingerprint density at radius 1 is 1.25 bits per heavy atom. The summed E-state index contributed by atoms with van der Waals surface area (Å²) in [7, 11) is 0.